The van der Waals surface area contributed by atoms with Gasteiger partial charge in [0.05, 0.1) is 12.3 Å². The highest BCUT2D eigenvalue weighted by atomic mass is 19.1. The number of carboxylic acid groups (broad SMARTS) is 1. The number of pyridine rings is 1. The molecule has 27 heavy (non-hydrogen) atoms. The van der Waals surface area contributed by atoms with Crippen LogP contribution in [-0.2, 0) is 0 Å². The first kappa shape index (κ1) is 18.3. The van der Waals surface area contributed by atoms with Crippen LogP contribution in [0.1, 0.15) is 17.3 Å². The number of hydrogen-bond donors (Lipinski definition) is 2. The fourth-order valence-corrected chi connectivity index (χ4v) is 2.59. The second-order valence-electron chi connectivity index (χ2n) is 5.60. The summed E-state index contributed by atoms with van der Waals surface area (Å²) in [5.41, 5.74) is 0.177. The first-order valence-corrected chi connectivity index (χ1v) is 8.17. The zero-order valence-electron chi connectivity index (χ0n) is 14.4. The molecule has 0 unspecified atom stereocenters. The summed E-state index contributed by atoms with van der Waals surface area (Å²) in [6, 6.07) is 11.5. The van der Waals surface area contributed by atoms with Crippen LogP contribution >= 0.6 is 0 Å². The van der Waals surface area contributed by atoms with Gasteiger partial charge in [0.25, 0.3) is 0 Å². The lowest BCUT2D eigenvalue weighted by Gasteiger charge is -2.12. The Balaban J connectivity index is 1.97. The van der Waals surface area contributed by atoms with Crippen molar-refractivity contribution in [3.63, 3.8) is 0 Å². The maximum absolute atomic E-state index is 14.6. The highest BCUT2D eigenvalue weighted by Gasteiger charge is 2.16. The minimum Gasteiger partial charge on any atom is -0.494 e. The van der Waals surface area contributed by atoms with Gasteiger partial charge in [0.15, 0.2) is 0 Å². The molecule has 0 saturated carbocycles. The average molecular weight is 370 g/mol. The molecule has 7 heteroatoms. The molecular weight excluding hydrogens is 354 g/mol. The summed E-state index contributed by atoms with van der Waals surface area (Å²) >= 11 is 0. The van der Waals surface area contributed by atoms with Gasteiger partial charge < -0.3 is 15.2 Å². The predicted molar refractivity (Wildman–Crippen MR) is 97.4 cm³/mol. The lowest BCUT2D eigenvalue weighted by atomic mass is 10.0. The van der Waals surface area contributed by atoms with E-state index in [9.17, 15) is 18.7 Å². The molecule has 3 aromatic rings. The van der Waals surface area contributed by atoms with Crippen molar-refractivity contribution < 1.29 is 23.4 Å². The number of hydrogen-bond acceptors (Lipinski definition) is 4. The summed E-state index contributed by atoms with van der Waals surface area (Å²) in [6.45, 7) is 2.29. The molecule has 0 saturated heterocycles. The standard InChI is InChI=1S/C20H16F2N2O3/c1-2-27-13-6-3-5-12(9-13)15-10-17(22)18(11-16(15)21)24-19-14(20(25)26)7-4-8-23-19/h3-11H,2H2,1H3,(H,23,24)(H,25,26). The van der Waals surface area contributed by atoms with Gasteiger partial charge in [-0.1, -0.05) is 12.1 Å². The Labute approximate surface area is 154 Å². The van der Waals surface area contributed by atoms with Crippen molar-refractivity contribution >= 4 is 17.5 Å². The van der Waals surface area contributed by atoms with Gasteiger partial charge in [0, 0.05) is 17.8 Å². The summed E-state index contributed by atoms with van der Waals surface area (Å²) in [7, 11) is 0. The Morgan fingerprint density at radius 2 is 1.96 bits per heavy atom. The van der Waals surface area contributed by atoms with Crippen LogP contribution in [0.15, 0.2) is 54.7 Å². The van der Waals surface area contributed by atoms with Crippen molar-refractivity contribution in [2.24, 2.45) is 0 Å². The molecule has 0 aliphatic rings. The number of nitrogens with one attached hydrogen (secondary N) is 1. The molecule has 2 aromatic carbocycles. The van der Waals surface area contributed by atoms with E-state index in [0.717, 1.165) is 12.1 Å². The molecule has 0 aliphatic carbocycles. The van der Waals surface area contributed by atoms with E-state index < -0.39 is 17.6 Å². The Kier molecular flexibility index (Phi) is 5.30. The van der Waals surface area contributed by atoms with Gasteiger partial charge >= 0.3 is 5.97 Å². The molecule has 5 nitrogen and oxygen atoms in total. The number of carboxylic acids is 1. The van der Waals surface area contributed by atoms with Crippen LogP contribution in [0.3, 0.4) is 0 Å². The number of aromatic carboxylic acids is 1. The molecule has 0 bridgehead atoms. The third kappa shape index (κ3) is 4.03. The van der Waals surface area contributed by atoms with E-state index in [1.165, 1.54) is 18.3 Å². The van der Waals surface area contributed by atoms with Crippen molar-refractivity contribution in [1.82, 2.24) is 4.98 Å². The van der Waals surface area contributed by atoms with Crippen molar-refractivity contribution in [2.75, 3.05) is 11.9 Å². The second kappa shape index (κ2) is 7.82. The highest BCUT2D eigenvalue weighted by molar-refractivity contribution is 5.94. The van der Waals surface area contributed by atoms with Crippen LogP contribution in [-0.4, -0.2) is 22.7 Å². The van der Waals surface area contributed by atoms with Gasteiger partial charge in [-0.25, -0.2) is 18.6 Å². The topological polar surface area (TPSA) is 71.5 Å². The van der Waals surface area contributed by atoms with E-state index in [2.05, 4.69) is 10.3 Å². The molecule has 0 atom stereocenters. The van der Waals surface area contributed by atoms with E-state index in [0.29, 0.717) is 17.9 Å². The second-order valence-corrected chi connectivity index (χ2v) is 5.60. The zero-order chi connectivity index (χ0) is 19.4. The van der Waals surface area contributed by atoms with E-state index >= 15 is 0 Å². The van der Waals surface area contributed by atoms with Crippen LogP contribution in [0.5, 0.6) is 5.75 Å². The van der Waals surface area contributed by atoms with Crippen molar-refractivity contribution in [3.05, 3.63) is 71.9 Å². The quantitative estimate of drug-likeness (QED) is 0.648. The van der Waals surface area contributed by atoms with Crippen LogP contribution < -0.4 is 10.1 Å². The monoisotopic (exact) mass is 370 g/mol. The molecule has 1 heterocycles. The van der Waals surface area contributed by atoms with Gasteiger partial charge in [-0.05, 0) is 42.8 Å². The molecule has 138 valence electrons. The first-order valence-electron chi connectivity index (χ1n) is 8.17. The lowest BCUT2D eigenvalue weighted by Crippen LogP contribution is -2.06. The molecule has 1 aromatic heterocycles. The van der Waals surface area contributed by atoms with Gasteiger partial charge in [-0.15, -0.1) is 0 Å². The molecule has 0 radical (unpaired) electrons. The molecular formula is C20H16F2N2O3. The SMILES string of the molecule is CCOc1cccc(-c2cc(F)c(Nc3ncccc3C(=O)O)cc2F)c1. The molecule has 0 aliphatic heterocycles. The molecule has 0 fully saturated rings. The summed E-state index contributed by atoms with van der Waals surface area (Å²) in [6.07, 6.45) is 1.36. The maximum Gasteiger partial charge on any atom is 0.339 e. The predicted octanol–water partition coefficient (Wildman–Crippen LogP) is 4.87. The number of benzene rings is 2. The Morgan fingerprint density at radius 1 is 1.15 bits per heavy atom. The van der Waals surface area contributed by atoms with E-state index in [1.807, 2.05) is 6.92 Å². The fraction of sp³-hybridized carbons (Fsp3) is 0.100. The Morgan fingerprint density at radius 3 is 2.70 bits per heavy atom. The number of halogens is 2. The highest BCUT2D eigenvalue weighted by Crippen LogP contribution is 2.31. The third-order valence-corrected chi connectivity index (χ3v) is 3.80. The van der Waals surface area contributed by atoms with E-state index in [1.54, 1.807) is 24.3 Å². The normalized spacial score (nSPS) is 10.5. The summed E-state index contributed by atoms with van der Waals surface area (Å²) < 4.78 is 34.5. The van der Waals surface area contributed by atoms with Gasteiger partial charge in [0.2, 0.25) is 0 Å². The number of nitrogens with zero attached hydrogens (tertiary/aromatic N) is 1. The lowest BCUT2D eigenvalue weighted by molar-refractivity contribution is 0.0697. The zero-order valence-corrected chi connectivity index (χ0v) is 14.4. The molecule has 3 rings (SSSR count). The minimum atomic E-state index is -1.23. The fourth-order valence-electron chi connectivity index (χ4n) is 2.59. The van der Waals surface area contributed by atoms with E-state index in [-0.39, 0.29) is 22.6 Å². The largest absolute Gasteiger partial charge is 0.494 e. The van der Waals surface area contributed by atoms with Gasteiger partial charge in [-0.2, -0.15) is 0 Å². The average Bonchev–Trinajstić information content (AvgIpc) is 2.65. The number of aromatic nitrogens is 1. The maximum atomic E-state index is 14.6. The molecule has 0 spiro atoms. The molecule has 0 amide bonds. The smallest absolute Gasteiger partial charge is 0.339 e. The summed E-state index contributed by atoms with van der Waals surface area (Å²) in [5, 5.41) is 11.7. The Hall–Kier alpha value is -3.48. The third-order valence-electron chi connectivity index (χ3n) is 3.80. The van der Waals surface area contributed by atoms with Crippen LogP contribution in [0.2, 0.25) is 0 Å². The number of anilines is 2. The van der Waals surface area contributed by atoms with Crippen LogP contribution in [0.4, 0.5) is 20.3 Å². The van der Waals surface area contributed by atoms with Crippen LogP contribution in [0.25, 0.3) is 11.1 Å². The molecule has 2 N–H and O–H groups in total. The number of rotatable bonds is 6. The van der Waals surface area contributed by atoms with Crippen molar-refractivity contribution in [3.8, 4) is 16.9 Å². The van der Waals surface area contributed by atoms with Gasteiger partial charge in [0.1, 0.15) is 28.8 Å². The van der Waals surface area contributed by atoms with Gasteiger partial charge in [-0.3, -0.25) is 0 Å². The summed E-state index contributed by atoms with van der Waals surface area (Å²) in [5.74, 6) is -2.16. The number of carbonyl (C=O) groups is 1. The minimum absolute atomic E-state index is 0.0686. The Bertz CT molecular complexity index is 993. The van der Waals surface area contributed by atoms with Crippen LogP contribution in [0, 0.1) is 11.6 Å². The summed E-state index contributed by atoms with van der Waals surface area (Å²) in [4.78, 5) is 15.1. The van der Waals surface area contributed by atoms with E-state index in [4.69, 9.17) is 4.74 Å². The number of ether oxygens (including phenoxy) is 1. The first-order chi connectivity index (χ1) is 13.0. The van der Waals surface area contributed by atoms with Crippen molar-refractivity contribution in [1.29, 1.82) is 0 Å². The van der Waals surface area contributed by atoms with Crippen molar-refractivity contribution in [2.45, 2.75) is 6.92 Å².